The lowest BCUT2D eigenvalue weighted by Crippen LogP contribution is -2.33. The number of nitrogens with one attached hydrogen (secondary N) is 1. The van der Waals surface area contributed by atoms with Gasteiger partial charge in [-0.3, -0.25) is 9.59 Å². The van der Waals surface area contributed by atoms with Crippen LogP contribution in [0.5, 0.6) is 5.75 Å². The van der Waals surface area contributed by atoms with Crippen molar-refractivity contribution in [2.45, 2.75) is 46.1 Å². The second-order valence-electron chi connectivity index (χ2n) is 6.54. The van der Waals surface area contributed by atoms with Crippen LogP contribution in [0.25, 0.3) is 0 Å². The highest BCUT2D eigenvalue weighted by atomic mass is 16.5. The average Bonchev–Trinajstić information content (AvgIpc) is 3.12. The minimum Gasteiger partial charge on any atom is -0.483 e. The third kappa shape index (κ3) is 4.73. The Kier molecular flexibility index (Phi) is 6.64. The Hall–Kier alpha value is -2.04. The number of para-hydroxylation sites is 1. The number of hydrogen-bond acceptors (Lipinski definition) is 3. The summed E-state index contributed by atoms with van der Waals surface area (Å²) in [6.45, 7) is 7.47. The minimum absolute atomic E-state index is 0.0183. The van der Waals surface area contributed by atoms with Gasteiger partial charge >= 0.3 is 0 Å². The number of amides is 2. The van der Waals surface area contributed by atoms with Gasteiger partial charge in [0.15, 0.2) is 6.61 Å². The second kappa shape index (κ2) is 8.71. The number of benzene rings is 1. The van der Waals surface area contributed by atoms with E-state index in [0.717, 1.165) is 37.9 Å². The van der Waals surface area contributed by atoms with Crippen molar-refractivity contribution >= 4 is 11.8 Å². The molecule has 1 heterocycles. The van der Waals surface area contributed by atoms with Gasteiger partial charge in [0.25, 0.3) is 5.91 Å². The molecule has 2 amide bonds. The molecule has 0 bridgehead atoms. The monoisotopic (exact) mass is 332 g/mol. The highest BCUT2D eigenvalue weighted by molar-refractivity contribution is 5.79. The lowest BCUT2D eigenvalue weighted by atomic mass is 10.0. The zero-order valence-corrected chi connectivity index (χ0v) is 14.9. The molecule has 0 spiro atoms. The Labute approximate surface area is 144 Å². The van der Waals surface area contributed by atoms with Crippen LogP contribution < -0.4 is 10.1 Å². The molecule has 2 rings (SSSR count). The summed E-state index contributed by atoms with van der Waals surface area (Å²) in [5.74, 6) is 0.649. The Morgan fingerprint density at radius 2 is 1.88 bits per heavy atom. The van der Waals surface area contributed by atoms with E-state index in [4.69, 9.17) is 4.74 Å². The molecule has 0 saturated carbocycles. The number of carbonyl (C=O) groups excluding carboxylic acids is 2. The van der Waals surface area contributed by atoms with Crippen LogP contribution >= 0.6 is 0 Å². The summed E-state index contributed by atoms with van der Waals surface area (Å²) >= 11 is 0. The largest absolute Gasteiger partial charge is 0.483 e. The first-order valence-electron chi connectivity index (χ1n) is 8.82. The van der Waals surface area contributed by atoms with E-state index < -0.39 is 0 Å². The summed E-state index contributed by atoms with van der Waals surface area (Å²) < 4.78 is 5.79. The van der Waals surface area contributed by atoms with Crippen LogP contribution in [0.4, 0.5) is 0 Å². The molecule has 0 aromatic heterocycles. The first-order valence-corrected chi connectivity index (χ1v) is 8.82. The molecule has 0 unspecified atom stereocenters. The molecule has 24 heavy (non-hydrogen) atoms. The molecular weight excluding hydrogens is 304 g/mol. The van der Waals surface area contributed by atoms with Gasteiger partial charge in [-0.25, -0.2) is 0 Å². The van der Waals surface area contributed by atoms with Gasteiger partial charge in [0.05, 0.1) is 6.04 Å². The summed E-state index contributed by atoms with van der Waals surface area (Å²) in [6, 6.07) is 7.50. The van der Waals surface area contributed by atoms with Gasteiger partial charge in [-0.2, -0.15) is 0 Å². The molecule has 1 aromatic rings. The number of nitrogens with zero attached hydrogens (tertiary/aromatic N) is 1. The highest BCUT2D eigenvalue weighted by Crippen LogP contribution is 2.27. The van der Waals surface area contributed by atoms with Gasteiger partial charge in [0.2, 0.25) is 5.91 Å². The Morgan fingerprint density at radius 3 is 2.50 bits per heavy atom. The van der Waals surface area contributed by atoms with Gasteiger partial charge < -0.3 is 15.0 Å². The molecule has 132 valence electrons. The topological polar surface area (TPSA) is 58.6 Å². The van der Waals surface area contributed by atoms with E-state index in [0.29, 0.717) is 5.75 Å². The first-order chi connectivity index (χ1) is 11.5. The number of likely N-dealkylation sites (tertiary alicyclic amines) is 1. The number of carbonyl (C=O) groups is 2. The van der Waals surface area contributed by atoms with Crippen LogP contribution in [-0.2, 0) is 9.59 Å². The molecule has 1 aliphatic rings. The molecule has 1 atom stereocenters. The average molecular weight is 332 g/mol. The van der Waals surface area contributed by atoms with Crippen LogP contribution in [0.3, 0.4) is 0 Å². The zero-order chi connectivity index (χ0) is 17.5. The van der Waals surface area contributed by atoms with Crippen molar-refractivity contribution in [1.29, 1.82) is 0 Å². The van der Waals surface area contributed by atoms with Crippen LogP contribution in [0.1, 0.15) is 51.6 Å². The first kappa shape index (κ1) is 18.3. The van der Waals surface area contributed by atoms with E-state index in [1.165, 1.54) is 0 Å². The lowest BCUT2D eigenvalue weighted by Gasteiger charge is -2.22. The van der Waals surface area contributed by atoms with Crippen molar-refractivity contribution in [1.82, 2.24) is 10.2 Å². The molecule has 1 saturated heterocycles. The maximum atomic E-state index is 12.2. The predicted octanol–water partition coefficient (Wildman–Crippen LogP) is 2.91. The summed E-state index contributed by atoms with van der Waals surface area (Å²) in [6.07, 6.45) is 2.90. The number of rotatable bonds is 7. The zero-order valence-electron chi connectivity index (χ0n) is 14.9. The fourth-order valence-corrected chi connectivity index (χ4v) is 2.84. The van der Waals surface area contributed by atoms with Crippen molar-refractivity contribution in [2.24, 2.45) is 5.92 Å². The third-order valence-corrected chi connectivity index (χ3v) is 4.35. The maximum Gasteiger partial charge on any atom is 0.260 e. The van der Waals surface area contributed by atoms with Gasteiger partial charge in [0, 0.05) is 24.6 Å². The summed E-state index contributed by atoms with van der Waals surface area (Å²) in [5.41, 5.74) is 0.920. The number of hydrogen-bond donors (Lipinski definition) is 1. The normalized spacial score (nSPS) is 15.4. The highest BCUT2D eigenvalue weighted by Gasteiger charge is 2.21. The molecular formula is C19H28N2O3. The van der Waals surface area contributed by atoms with E-state index in [9.17, 15) is 9.59 Å². The van der Waals surface area contributed by atoms with Gasteiger partial charge in [0.1, 0.15) is 5.75 Å². The van der Waals surface area contributed by atoms with E-state index in [1.807, 2.05) is 49.9 Å². The fraction of sp³-hybridized carbons (Fsp3) is 0.579. The third-order valence-electron chi connectivity index (χ3n) is 4.35. The quantitative estimate of drug-likeness (QED) is 0.835. The maximum absolute atomic E-state index is 12.2. The SMILES string of the molecule is CC[C@@H](NC(=O)C(C)C)c1ccccc1OCC(=O)N1CCCC1. The Bertz CT molecular complexity index is 565. The Balaban J connectivity index is 2.04. The van der Waals surface area contributed by atoms with Crippen molar-refractivity contribution in [3.05, 3.63) is 29.8 Å². The molecule has 1 aliphatic heterocycles. The summed E-state index contributed by atoms with van der Waals surface area (Å²) in [4.78, 5) is 26.0. The molecule has 1 fully saturated rings. The molecule has 5 heteroatoms. The predicted molar refractivity (Wildman–Crippen MR) is 93.8 cm³/mol. The Morgan fingerprint density at radius 1 is 1.21 bits per heavy atom. The van der Waals surface area contributed by atoms with Crippen molar-refractivity contribution in [3.8, 4) is 5.75 Å². The van der Waals surface area contributed by atoms with E-state index >= 15 is 0 Å². The van der Waals surface area contributed by atoms with E-state index in [2.05, 4.69) is 5.32 Å². The van der Waals surface area contributed by atoms with Gasteiger partial charge in [-0.05, 0) is 25.3 Å². The van der Waals surface area contributed by atoms with Crippen molar-refractivity contribution in [3.63, 3.8) is 0 Å². The lowest BCUT2D eigenvalue weighted by molar-refractivity contribution is -0.132. The second-order valence-corrected chi connectivity index (χ2v) is 6.54. The van der Waals surface area contributed by atoms with E-state index in [-0.39, 0.29) is 30.4 Å². The molecule has 1 aromatic carbocycles. The summed E-state index contributed by atoms with van der Waals surface area (Å²) in [5, 5.41) is 3.05. The van der Waals surface area contributed by atoms with Crippen LogP contribution in [-0.4, -0.2) is 36.4 Å². The van der Waals surface area contributed by atoms with Crippen LogP contribution in [0, 0.1) is 5.92 Å². The van der Waals surface area contributed by atoms with Gasteiger partial charge in [-0.15, -0.1) is 0 Å². The molecule has 0 aliphatic carbocycles. The van der Waals surface area contributed by atoms with Gasteiger partial charge in [-0.1, -0.05) is 39.0 Å². The summed E-state index contributed by atoms with van der Waals surface area (Å²) in [7, 11) is 0. The molecule has 1 N–H and O–H groups in total. The molecule has 0 radical (unpaired) electrons. The van der Waals surface area contributed by atoms with Crippen LogP contribution in [0.2, 0.25) is 0 Å². The fourth-order valence-electron chi connectivity index (χ4n) is 2.84. The van der Waals surface area contributed by atoms with Crippen molar-refractivity contribution in [2.75, 3.05) is 19.7 Å². The van der Waals surface area contributed by atoms with Crippen molar-refractivity contribution < 1.29 is 14.3 Å². The van der Waals surface area contributed by atoms with E-state index in [1.54, 1.807) is 0 Å². The smallest absolute Gasteiger partial charge is 0.260 e. The standard InChI is InChI=1S/C19H28N2O3/c1-4-16(20-19(23)14(2)3)15-9-5-6-10-17(15)24-13-18(22)21-11-7-8-12-21/h5-6,9-10,14,16H,4,7-8,11-13H2,1-3H3,(H,20,23)/t16-/m1/s1. The number of ether oxygens (including phenoxy) is 1. The van der Waals surface area contributed by atoms with Crippen LogP contribution in [0.15, 0.2) is 24.3 Å². The molecule has 5 nitrogen and oxygen atoms in total. The minimum atomic E-state index is -0.113.